The highest BCUT2D eigenvalue weighted by atomic mass is 16.5. The van der Waals surface area contributed by atoms with Crippen molar-refractivity contribution in [3.63, 3.8) is 0 Å². The van der Waals surface area contributed by atoms with Crippen LogP contribution in [0.4, 0.5) is 5.69 Å². The van der Waals surface area contributed by atoms with E-state index in [4.69, 9.17) is 9.84 Å². The van der Waals surface area contributed by atoms with E-state index in [-0.39, 0.29) is 30.2 Å². The topological polar surface area (TPSA) is 148 Å². The molecule has 0 saturated heterocycles. The van der Waals surface area contributed by atoms with Gasteiger partial charge in [0.2, 0.25) is 5.91 Å². The van der Waals surface area contributed by atoms with Gasteiger partial charge in [-0.2, -0.15) is 0 Å². The number of carbonyl (C=O) groups excluding carboxylic acids is 1. The number of amides is 1. The van der Waals surface area contributed by atoms with Crippen LogP contribution in [-0.2, 0) is 22.7 Å². The van der Waals surface area contributed by atoms with Gasteiger partial charge in [0.1, 0.15) is 17.1 Å². The third-order valence-corrected chi connectivity index (χ3v) is 5.41. The van der Waals surface area contributed by atoms with Gasteiger partial charge in [0.05, 0.1) is 6.54 Å². The smallest absolute Gasteiger partial charge is 0.341 e. The molecule has 0 radical (unpaired) electrons. The molecule has 0 fully saturated rings. The molecule has 0 unspecified atom stereocenters. The maximum Gasteiger partial charge on any atom is 0.341 e. The molecule has 0 spiro atoms. The first-order valence-corrected chi connectivity index (χ1v) is 11.3. The summed E-state index contributed by atoms with van der Waals surface area (Å²) in [6, 6.07) is 13.6. The highest BCUT2D eigenvalue weighted by Gasteiger charge is 2.18. The molecule has 0 aliphatic rings. The lowest BCUT2D eigenvalue weighted by Crippen LogP contribution is -2.40. The fourth-order valence-corrected chi connectivity index (χ4v) is 3.80. The van der Waals surface area contributed by atoms with Gasteiger partial charge < -0.3 is 20.1 Å². The van der Waals surface area contributed by atoms with Gasteiger partial charge in [-0.05, 0) is 48.4 Å². The largest absolute Gasteiger partial charge is 0.482 e. The average Bonchev–Trinajstić information content (AvgIpc) is 3.30. The molecule has 0 atom stereocenters. The van der Waals surface area contributed by atoms with Crippen LogP contribution >= 0.6 is 0 Å². The van der Waals surface area contributed by atoms with Gasteiger partial charge in [-0.15, -0.1) is 0 Å². The summed E-state index contributed by atoms with van der Waals surface area (Å²) in [6.45, 7) is 3.28. The second-order valence-electron chi connectivity index (χ2n) is 8.19. The van der Waals surface area contributed by atoms with E-state index in [0.717, 1.165) is 5.56 Å². The van der Waals surface area contributed by atoms with E-state index in [1.54, 1.807) is 48.5 Å². The van der Waals surface area contributed by atoms with Crippen LogP contribution in [0.5, 0.6) is 5.75 Å². The molecular formula is C25H25N5O6. The summed E-state index contributed by atoms with van der Waals surface area (Å²) in [5.41, 5.74) is 1.58. The van der Waals surface area contributed by atoms with Gasteiger partial charge in [0, 0.05) is 24.7 Å². The first-order chi connectivity index (χ1) is 17.3. The van der Waals surface area contributed by atoms with Crippen LogP contribution in [0.15, 0.2) is 58.1 Å². The van der Waals surface area contributed by atoms with Crippen molar-refractivity contribution in [2.45, 2.75) is 33.4 Å². The zero-order valence-corrected chi connectivity index (χ0v) is 19.8. The van der Waals surface area contributed by atoms with E-state index in [1.165, 1.54) is 16.1 Å². The number of anilines is 1. The summed E-state index contributed by atoms with van der Waals surface area (Å²) in [5.74, 6) is -0.502. The van der Waals surface area contributed by atoms with Gasteiger partial charge >= 0.3 is 11.7 Å². The summed E-state index contributed by atoms with van der Waals surface area (Å²) in [6.07, 6.45) is 0.602. The third kappa shape index (κ3) is 5.19. The quantitative estimate of drug-likeness (QED) is 0.326. The average molecular weight is 492 g/mol. The maximum absolute atomic E-state index is 13.3. The van der Waals surface area contributed by atoms with E-state index < -0.39 is 23.8 Å². The monoisotopic (exact) mass is 491 g/mol. The van der Waals surface area contributed by atoms with Crippen LogP contribution in [0.25, 0.3) is 22.6 Å². The fraction of sp³-hybridized carbons (Fsp3) is 0.240. The Balaban J connectivity index is 1.75. The SMILES string of the molecule is CCCn1c(=O)c2[nH]c(-c3ccc(OCC(=O)O)cc3)nc2n(Cc2ccc(NC(C)=O)cc2)c1=O. The molecule has 186 valence electrons. The fourth-order valence-electron chi connectivity index (χ4n) is 3.80. The van der Waals surface area contributed by atoms with Crippen molar-refractivity contribution in [3.8, 4) is 17.1 Å². The van der Waals surface area contributed by atoms with Gasteiger partial charge in [-0.1, -0.05) is 19.1 Å². The number of benzene rings is 2. The molecule has 0 aliphatic carbocycles. The molecule has 0 aliphatic heterocycles. The Morgan fingerprint density at radius 2 is 1.75 bits per heavy atom. The number of imidazole rings is 1. The number of nitrogens with one attached hydrogen (secondary N) is 2. The first-order valence-electron chi connectivity index (χ1n) is 11.3. The molecular weight excluding hydrogens is 466 g/mol. The van der Waals surface area contributed by atoms with E-state index in [0.29, 0.717) is 29.2 Å². The number of H-pyrrole nitrogens is 1. The van der Waals surface area contributed by atoms with Crippen LogP contribution < -0.4 is 21.3 Å². The summed E-state index contributed by atoms with van der Waals surface area (Å²) in [4.78, 5) is 56.0. The summed E-state index contributed by atoms with van der Waals surface area (Å²) < 4.78 is 7.80. The zero-order valence-electron chi connectivity index (χ0n) is 19.8. The Morgan fingerprint density at radius 1 is 1.06 bits per heavy atom. The maximum atomic E-state index is 13.3. The number of aromatic amines is 1. The van der Waals surface area contributed by atoms with Crippen molar-refractivity contribution in [2.75, 3.05) is 11.9 Å². The lowest BCUT2D eigenvalue weighted by atomic mass is 10.2. The number of hydrogen-bond acceptors (Lipinski definition) is 6. The number of carboxylic acids is 1. The molecule has 3 N–H and O–H groups in total. The predicted molar refractivity (Wildman–Crippen MR) is 133 cm³/mol. The Labute approximate surface area is 205 Å². The number of rotatable bonds is 9. The van der Waals surface area contributed by atoms with Crippen LogP contribution in [-0.4, -0.2) is 42.7 Å². The van der Waals surface area contributed by atoms with E-state index in [1.807, 2.05) is 6.92 Å². The molecule has 11 nitrogen and oxygen atoms in total. The third-order valence-electron chi connectivity index (χ3n) is 5.41. The number of fused-ring (bicyclic) bond motifs is 1. The van der Waals surface area contributed by atoms with Crippen LogP contribution in [0.3, 0.4) is 0 Å². The highest BCUT2D eigenvalue weighted by Crippen LogP contribution is 2.22. The Bertz CT molecular complexity index is 1530. The minimum Gasteiger partial charge on any atom is -0.482 e. The van der Waals surface area contributed by atoms with Crippen LogP contribution in [0.2, 0.25) is 0 Å². The Hall–Kier alpha value is -4.67. The normalized spacial score (nSPS) is 10.9. The van der Waals surface area contributed by atoms with Crippen molar-refractivity contribution < 1.29 is 19.4 Å². The van der Waals surface area contributed by atoms with E-state index >= 15 is 0 Å². The van der Waals surface area contributed by atoms with Crippen LogP contribution in [0, 0.1) is 0 Å². The van der Waals surface area contributed by atoms with E-state index in [9.17, 15) is 19.2 Å². The Kier molecular flexibility index (Phi) is 7.00. The van der Waals surface area contributed by atoms with Gasteiger partial charge in [0.25, 0.3) is 5.56 Å². The van der Waals surface area contributed by atoms with Crippen molar-refractivity contribution in [1.82, 2.24) is 19.1 Å². The van der Waals surface area contributed by atoms with Gasteiger partial charge in [-0.3, -0.25) is 18.7 Å². The summed E-state index contributed by atoms with van der Waals surface area (Å²) in [7, 11) is 0. The second kappa shape index (κ2) is 10.3. The molecule has 1 amide bonds. The molecule has 2 aromatic carbocycles. The lowest BCUT2D eigenvalue weighted by Gasteiger charge is -2.11. The lowest BCUT2D eigenvalue weighted by molar-refractivity contribution is -0.139. The number of hydrogen-bond donors (Lipinski definition) is 3. The molecule has 11 heteroatoms. The second-order valence-corrected chi connectivity index (χ2v) is 8.19. The van der Waals surface area contributed by atoms with Crippen LogP contribution in [0.1, 0.15) is 25.8 Å². The number of carboxylic acid groups (broad SMARTS) is 1. The molecule has 36 heavy (non-hydrogen) atoms. The number of ether oxygens (including phenoxy) is 1. The number of aromatic nitrogens is 4. The first kappa shape index (κ1) is 24.5. The summed E-state index contributed by atoms with van der Waals surface area (Å²) >= 11 is 0. The summed E-state index contributed by atoms with van der Waals surface area (Å²) in [5, 5.41) is 11.5. The van der Waals surface area contributed by atoms with E-state index in [2.05, 4.69) is 15.3 Å². The Morgan fingerprint density at radius 3 is 2.36 bits per heavy atom. The number of carbonyl (C=O) groups is 2. The standard InChI is InChI=1S/C25H25N5O6/c1-3-12-29-24(34)21-23(28-22(27-21)17-6-10-19(11-7-17)36-14-20(32)33)30(25(29)35)13-16-4-8-18(9-5-16)26-15(2)31/h4-11H,3,12-14H2,1-2H3,(H,26,31)(H,27,28)(H,32,33). The number of nitrogens with zero attached hydrogens (tertiary/aromatic N) is 3. The van der Waals surface area contributed by atoms with Crippen molar-refractivity contribution >= 4 is 28.7 Å². The number of aliphatic carboxylic acids is 1. The molecule has 4 aromatic rings. The van der Waals surface area contributed by atoms with Crippen molar-refractivity contribution in [3.05, 3.63) is 74.9 Å². The molecule has 0 saturated carbocycles. The molecule has 2 heterocycles. The molecule has 0 bridgehead atoms. The minimum atomic E-state index is -1.08. The minimum absolute atomic E-state index is 0.173. The highest BCUT2D eigenvalue weighted by molar-refractivity contribution is 5.88. The van der Waals surface area contributed by atoms with Crippen molar-refractivity contribution in [1.29, 1.82) is 0 Å². The zero-order chi connectivity index (χ0) is 25.8. The molecule has 4 rings (SSSR count). The van der Waals surface area contributed by atoms with Gasteiger partial charge in [0.15, 0.2) is 12.3 Å². The molecule has 2 aromatic heterocycles. The van der Waals surface area contributed by atoms with Gasteiger partial charge in [-0.25, -0.2) is 14.6 Å². The van der Waals surface area contributed by atoms with Crippen molar-refractivity contribution in [2.24, 2.45) is 0 Å². The predicted octanol–water partition coefficient (Wildman–Crippen LogP) is 2.43.